The van der Waals surface area contributed by atoms with Crippen molar-refractivity contribution in [2.75, 3.05) is 14.2 Å². The van der Waals surface area contributed by atoms with E-state index in [1.807, 2.05) is 18.2 Å². The highest BCUT2D eigenvalue weighted by Crippen LogP contribution is 2.29. The maximum Gasteiger partial charge on any atom is 0.222 e. The van der Waals surface area contributed by atoms with Crippen LogP contribution in [0.15, 0.2) is 24.4 Å². The molecular weight excluding hydrogens is 287 g/mol. The normalized spacial score (nSPS) is 10.3. The number of hydrogen-bond donors (Lipinski definition) is 0. The van der Waals surface area contributed by atoms with E-state index in [1.165, 1.54) is 6.20 Å². The van der Waals surface area contributed by atoms with Gasteiger partial charge in [-0.2, -0.15) is 0 Å². The summed E-state index contributed by atoms with van der Waals surface area (Å²) in [6.07, 6.45) is 2.04. The topological polar surface area (TPSA) is 44.2 Å². The van der Waals surface area contributed by atoms with Crippen LogP contribution in [0.1, 0.15) is 11.3 Å². The molecular formula is C13H12Cl2N2O2. The molecule has 1 aromatic heterocycles. The van der Waals surface area contributed by atoms with Gasteiger partial charge in [0.15, 0.2) is 11.5 Å². The average Bonchev–Trinajstić information content (AvgIpc) is 2.42. The van der Waals surface area contributed by atoms with E-state index in [1.54, 1.807) is 14.2 Å². The number of nitrogens with zero attached hydrogens (tertiary/aromatic N) is 2. The fourth-order valence-corrected chi connectivity index (χ4v) is 1.99. The lowest BCUT2D eigenvalue weighted by Crippen LogP contribution is -1.97. The minimum absolute atomic E-state index is 0.180. The highest BCUT2D eigenvalue weighted by molar-refractivity contribution is 6.31. The van der Waals surface area contributed by atoms with Gasteiger partial charge in [0.2, 0.25) is 5.28 Å². The smallest absolute Gasteiger partial charge is 0.222 e. The van der Waals surface area contributed by atoms with Gasteiger partial charge >= 0.3 is 0 Å². The van der Waals surface area contributed by atoms with Gasteiger partial charge in [0.05, 0.1) is 31.1 Å². The third kappa shape index (κ3) is 3.28. The molecule has 2 aromatic rings. The maximum atomic E-state index is 6.04. The summed E-state index contributed by atoms with van der Waals surface area (Å²) in [6.45, 7) is 0. The highest BCUT2D eigenvalue weighted by atomic mass is 35.5. The third-order valence-corrected chi connectivity index (χ3v) is 3.10. The second-order valence-electron chi connectivity index (χ2n) is 3.80. The molecule has 0 saturated heterocycles. The number of halogens is 2. The molecule has 19 heavy (non-hydrogen) atoms. The second kappa shape index (κ2) is 6.08. The fraction of sp³-hybridized carbons (Fsp3) is 0.231. The Morgan fingerprint density at radius 2 is 1.84 bits per heavy atom. The van der Waals surface area contributed by atoms with E-state index in [2.05, 4.69) is 9.97 Å². The van der Waals surface area contributed by atoms with E-state index in [0.717, 1.165) is 5.56 Å². The summed E-state index contributed by atoms with van der Waals surface area (Å²) < 4.78 is 10.4. The van der Waals surface area contributed by atoms with Gasteiger partial charge in [-0.3, -0.25) is 0 Å². The molecule has 100 valence electrons. The first-order valence-corrected chi connectivity index (χ1v) is 6.27. The molecule has 1 aromatic carbocycles. The Morgan fingerprint density at radius 3 is 2.53 bits per heavy atom. The van der Waals surface area contributed by atoms with E-state index >= 15 is 0 Å². The van der Waals surface area contributed by atoms with Crippen molar-refractivity contribution in [3.63, 3.8) is 0 Å². The number of rotatable bonds is 4. The van der Waals surface area contributed by atoms with Crippen LogP contribution in [0.3, 0.4) is 0 Å². The monoisotopic (exact) mass is 298 g/mol. The van der Waals surface area contributed by atoms with Gasteiger partial charge < -0.3 is 9.47 Å². The molecule has 1 heterocycles. The Hall–Kier alpha value is -1.52. The van der Waals surface area contributed by atoms with Crippen molar-refractivity contribution in [2.24, 2.45) is 0 Å². The van der Waals surface area contributed by atoms with Gasteiger partial charge in [-0.15, -0.1) is 0 Å². The minimum Gasteiger partial charge on any atom is -0.493 e. The zero-order valence-electron chi connectivity index (χ0n) is 10.5. The van der Waals surface area contributed by atoms with Gasteiger partial charge in [0.1, 0.15) is 0 Å². The summed E-state index contributed by atoms with van der Waals surface area (Å²) in [6, 6.07) is 5.64. The molecule has 0 aliphatic carbocycles. The molecule has 0 N–H and O–H groups in total. The second-order valence-corrected chi connectivity index (χ2v) is 4.55. The van der Waals surface area contributed by atoms with Crippen molar-refractivity contribution in [1.29, 1.82) is 0 Å². The summed E-state index contributed by atoms with van der Waals surface area (Å²) in [5, 5.41) is 0.666. The van der Waals surface area contributed by atoms with Crippen LogP contribution in [0, 0.1) is 0 Å². The molecule has 2 rings (SSSR count). The summed E-state index contributed by atoms with van der Waals surface area (Å²) in [4.78, 5) is 7.94. The molecule has 0 fully saturated rings. The van der Waals surface area contributed by atoms with Gasteiger partial charge in [-0.1, -0.05) is 17.7 Å². The first-order chi connectivity index (χ1) is 9.13. The van der Waals surface area contributed by atoms with Crippen LogP contribution in [0.5, 0.6) is 11.5 Å². The largest absolute Gasteiger partial charge is 0.493 e. The Morgan fingerprint density at radius 1 is 1.11 bits per heavy atom. The molecule has 0 amide bonds. The molecule has 0 unspecified atom stereocenters. The molecule has 4 nitrogen and oxygen atoms in total. The van der Waals surface area contributed by atoms with E-state index in [9.17, 15) is 0 Å². The SMILES string of the molecule is COc1ccc(Cc2nc(Cl)ncc2Cl)cc1OC. The zero-order valence-corrected chi connectivity index (χ0v) is 12.0. The van der Waals surface area contributed by atoms with E-state index in [0.29, 0.717) is 28.6 Å². The number of ether oxygens (including phenoxy) is 2. The predicted octanol–water partition coefficient (Wildman–Crippen LogP) is 3.39. The van der Waals surface area contributed by atoms with E-state index in [4.69, 9.17) is 32.7 Å². The lowest BCUT2D eigenvalue weighted by atomic mass is 10.1. The summed E-state index contributed by atoms with van der Waals surface area (Å²) in [7, 11) is 3.19. The van der Waals surface area contributed by atoms with Crippen LogP contribution in [-0.4, -0.2) is 24.2 Å². The van der Waals surface area contributed by atoms with Crippen molar-refractivity contribution in [3.8, 4) is 11.5 Å². The maximum absolute atomic E-state index is 6.04. The van der Waals surface area contributed by atoms with E-state index in [-0.39, 0.29) is 5.28 Å². The van der Waals surface area contributed by atoms with E-state index < -0.39 is 0 Å². The van der Waals surface area contributed by atoms with Gasteiger partial charge in [-0.05, 0) is 29.3 Å². The van der Waals surface area contributed by atoms with Gasteiger partial charge in [-0.25, -0.2) is 9.97 Å². The average molecular weight is 299 g/mol. The van der Waals surface area contributed by atoms with Crippen molar-refractivity contribution in [3.05, 3.63) is 46.0 Å². The number of benzene rings is 1. The minimum atomic E-state index is 0.180. The van der Waals surface area contributed by atoms with Gasteiger partial charge in [0, 0.05) is 6.42 Å². The zero-order chi connectivity index (χ0) is 13.8. The molecule has 0 atom stereocenters. The third-order valence-electron chi connectivity index (χ3n) is 2.61. The summed E-state index contributed by atoms with van der Waals surface area (Å²) in [5.74, 6) is 1.34. The Labute approximate surface area is 121 Å². The first kappa shape index (κ1) is 13.9. The van der Waals surface area contributed by atoms with Crippen LogP contribution >= 0.6 is 23.2 Å². The lowest BCUT2D eigenvalue weighted by Gasteiger charge is -2.10. The number of aromatic nitrogens is 2. The molecule has 6 heteroatoms. The summed E-state index contributed by atoms with van der Waals surface area (Å²) >= 11 is 11.8. The molecule has 0 bridgehead atoms. The Kier molecular flexibility index (Phi) is 4.45. The predicted molar refractivity (Wildman–Crippen MR) is 74.4 cm³/mol. The van der Waals surface area contributed by atoms with Crippen LogP contribution in [0.2, 0.25) is 10.3 Å². The Bertz CT molecular complexity index is 591. The van der Waals surface area contributed by atoms with Crippen molar-refractivity contribution in [1.82, 2.24) is 9.97 Å². The molecule has 0 aliphatic heterocycles. The molecule has 0 saturated carbocycles. The van der Waals surface area contributed by atoms with Crippen LogP contribution < -0.4 is 9.47 Å². The van der Waals surface area contributed by atoms with Crippen LogP contribution in [0.25, 0.3) is 0 Å². The molecule has 0 spiro atoms. The van der Waals surface area contributed by atoms with Crippen molar-refractivity contribution < 1.29 is 9.47 Å². The first-order valence-electron chi connectivity index (χ1n) is 5.52. The fourth-order valence-electron chi connectivity index (χ4n) is 1.69. The quantitative estimate of drug-likeness (QED) is 0.812. The standard InChI is InChI=1S/C13H12Cl2N2O2/c1-18-11-4-3-8(6-12(11)19-2)5-10-9(14)7-16-13(15)17-10/h3-4,6-7H,5H2,1-2H3. The van der Waals surface area contributed by atoms with Crippen molar-refractivity contribution in [2.45, 2.75) is 6.42 Å². The lowest BCUT2D eigenvalue weighted by molar-refractivity contribution is 0.354. The highest BCUT2D eigenvalue weighted by Gasteiger charge is 2.09. The van der Waals surface area contributed by atoms with Gasteiger partial charge in [0.25, 0.3) is 0 Å². The molecule has 0 aliphatic rings. The number of hydrogen-bond acceptors (Lipinski definition) is 4. The summed E-state index contributed by atoms with van der Waals surface area (Å²) in [5.41, 5.74) is 1.67. The van der Waals surface area contributed by atoms with Crippen LogP contribution in [0.4, 0.5) is 0 Å². The van der Waals surface area contributed by atoms with Crippen molar-refractivity contribution >= 4 is 23.2 Å². The Balaban J connectivity index is 2.30. The molecule has 0 radical (unpaired) electrons. The van der Waals surface area contributed by atoms with Crippen LogP contribution in [-0.2, 0) is 6.42 Å². The number of methoxy groups -OCH3 is 2.